The molecule has 0 saturated carbocycles. The molecular formula is C30H29FN5OP. The molecule has 2 aliphatic rings. The van der Waals surface area contributed by atoms with Crippen LogP contribution in [0.25, 0.3) is 0 Å². The number of hydrogen-bond acceptors (Lipinski definition) is 5. The van der Waals surface area contributed by atoms with Gasteiger partial charge in [0, 0.05) is 35.6 Å². The number of nitrogens with zero attached hydrogens (tertiary/aromatic N) is 5. The maximum absolute atomic E-state index is 14.5. The van der Waals surface area contributed by atoms with E-state index >= 15 is 0 Å². The minimum Gasteiger partial charge on any atom is -0.474 e. The van der Waals surface area contributed by atoms with Crippen molar-refractivity contribution in [3.05, 3.63) is 115 Å². The highest BCUT2D eigenvalue weighted by Crippen LogP contribution is 2.46. The SMILES string of the molecule is CN=CN(C1=CCC(N=P(c2ccccc2)(c2ccccc2)c2ccccc2)=NCC=N1)C1OC=CC1F. The Bertz CT molecular complexity index is 1330. The number of amidine groups is 1. The second-order valence-corrected chi connectivity index (χ2v) is 11.7. The number of alkyl halides is 1. The molecule has 2 unspecified atom stereocenters. The summed E-state index contributed by atoms with van der Waals surface area (Å²) in [5, 5.41) is 3.43. The van der Waals surface area contributed by atoms with Gasteiger partial charge in [-0.1, -0.05) is 91.0 Å². The van der Waals surface area contributed by atoms with E-state index in [-0.39, 0.29) is 0 Å². The molecule has 2 aliphatic heterocycles. The largest absolute Gasteiger partial charge is 0.474 e. The molecule has 0 bridgehead atoms. The van der Waals surface area contributed by atoms with Gasteiger partial charge in [-0.25, -0.2) is 14.1 Å². The Morgan fingerprint density at radius 1 is 0.921 bits per heavy atom. The third kappa shape index (κ3) is 5.29. The van der Waals surface area contributed by atoms with Gasteiger partial charge in [0.2, 0.25) is 6.23 Å². The lowest BCUT2D eigenvalue weighted by Gasteiger charge is -2.28. The summed E-state index contributed by atoms with van der Waals surface area (Å²) in [4.78, 5) is 15.1. The number of hydrogen-bond donors (Lipinski definition) is 0. The molecule has 0 N–H and O–H groups in total. The summed E-state index contributed by atoms with van der Waals surface area (Å²) in [7, 11) is -0.821. The van der Waals surface area contributed by atoms with Crippen molar-refractivity contribution in [1.82, 2.24) is 4.90 Å². The molecule has 0 spiro atoms. The van der Waals surface area contributed by atoms with E-state index in [1.54, 1.807) is 18.2 Å². The standard InChI is InChI=1S/C30H29FN5OP/c1-32-23-36(30-27(31)19-22-37-30)29-18-17-28(33-20-21-34-29)35-38(24-11-5-2-6-12-24,25-13-7-3-8-14-25)26-15-9-4-10-16-26/h2-16,18-19,21-23,27,30H,17,20H2,1H3. The fourth-order valence-corrected chi connectivity index (χ4v) is 8.06. The molecule has 0 aliphatic carbocycles. The minimum atomic E-state index is -2.46. The van der Waals surface area contributed by atoms with Crippen molar-refractivity contribution < 1.29 is 9.13 Å². The minimum absolute atomic E-state index is 0.356. The normalized spacial score (nSPS) is 19.3. The highest BCUT2D eigenvalue weighted by molar-refractivity contribution is 7.87. The Morgan fingerprint density at radius 3 is 2.00 bits per heavy atom. The van der Waals surface area contributed by atoms with Crippen LogP contribution in [0.15, 0.2) is 135 Å². The fourth-order valence-electron chi connectivity index (χ4n) is 4.52. The molecule has 6 nitrogen and oxygen atoms in total. The van der Waals surface area contributed by atoms with E-state index in [2.05, 4.69) is 82.8 Å². The first-order valence-corrected chi connectivity index (χ1v) is 14.2. The Hall–Kier alpha value is -4.09. The van der Waals surface area contributed by atoms with Gasteiger partial charge in [0.25, 0.3) is 0 Å². The van der Waals surface area contributed by atoms with Crippen LogP contribution in [-0.4, -0.2) is 49.3 Å². The number of rotatable bonds is 6. The Labute approximate surface area is 222 Å². The van der Waals surface area contributed by atoms with Crippen LogP contribution in [0.4, 0.5) is 4.39 Å². The van der Waals surface area contributed by atoms with Crippen LogP contribution in [0.3, 0.4) is 0 Å². The Balaban J connectivity index is 1.65. The molecule has 2 heterocycles. The van der Waals surface area contributed by atoms with E-state index in [0.717, 1.165) is 15.9 Å². The number of halogens is 1. The number of ether oxygens (including phenoxy) is 1. The maximum Gasteiger partial charge on any atom is 0.212 e. The van der Waals surface area contributed by atoms with Crippen LogP contribution in [0.2, 0.25) is 0 Å². The molecule has 0 fully saturated rings. The van der Waals surface area contributed by atoms with Crippen LogP contribution >= 0.6 is 7.05 Å². The molecule has 0 aromatic heterocycles. The van der Waals surface area contributed by atoms with Crippen LogP contribution in [0, 0.1) is 0 Å². The molecule has 5 rings (SSSR count). The van der Waals surface area contributed by atoms with E-state index in [0.29, 0.717) is 24.6 Å². The summed E-state index contributed by atoms with van der Waals surface area (Å²) in [6.07, 6.45) is 6.19. The van der Waals surface area contributed by atoms with E-state index in [4.69, 9.17) is 14.5 Å². The zero-order chi connectivity index (χ0) is 26.2. The van der Waals surface area contributed by atoms with Gasteiger partial charge in [0.15, 0.2) is 6.17 Å². The zero-order valence-corrected chi connectivity index (χ0v) is 22.0. The Morgan fingerprint density at radius 2 is 1.50 bits per heavy atom. The first kappa shape index (κ1) is 25.6. The van der Waals surface area contributed by atoms with Crippen LogP contribution in [-0.2, 0) is 4.74 Å². The summed E-state index contributed by atoms with van der Waals surface area (Å²) in [5.74, 6) is 1.24. The van der Waals surface area contributed by atoms with Gasteiger partial charge in [0.05, 0.1) is 26.2 Å². The molecule has 3 aromatic rings. The predicted molar refractivity (Wildman–Crippen MR) is 156 cm³/mol. The second-order valence-electron chi connectivity index (χ2n) is 8.66. The summed E-state index contributed by atoms with van der Waals surface area (Å²) in [6, 6.07) is 31.3. The molecule has 0 saturated heterocycles. The van der Waals surface area contributed by atoms with E-state index in [9.17, 15) is 4.39 Å². The fraction of sp³-hybridized carbons (Fsp3) is 0.167. The van der Waals surface area contributed by atoms with Gasteiger partial charge in [0.1, 0.15) is 11.7 Å². The molecule has 2 atom stereocenters. The topological polar surface area (TPSA) is 61.9 Å². The van der Waals surface area contributed by atoms with Gasteiger partial charge in [-0.15, -0.1) is 0 Å². The molecular weight excluding hydrogens is 496 g/mol. The molecule has 0 radical (unpaired) electrons. The van der Waals surface area contributed by atoms with Gasteiger partial charge >= 0.3 is 0 Å². The summed E-state index contributed by atoms with van der Waals surface area (Å²) in [6.45, 7) is 0.356. The second kappa shape index (κ2) is 12.0. The van der Waals surface area contributed by atoms with Crippen molar-refractivity contribution in [3.8, 4) is 0 Å². The van der Waals surface area contributed by atoms with Crippen molar-refractivity contribution in [1.29, 1.82) is 0 Å². The van der Waals surface area contributed by atoms with Crippen LogP contribution in [0.1, 0.15) is 6.42 Å². The number of aliphatic imine (C=N–C) groups is 3. The summed E-state index contributed by atoms with van der Waals surface area (Å²) in [5.41, 5.74) is 0. The molecule has 38 heavy (non-hydrogen) atoms. The van der Waals surface area contributed by atoms with E-state index in [1.165, 1.54) is 18.7 Å². The highest BCUT2D eigenvalue weighted by atomic mass is 31.2. The lowest BCUT2D eigenvalue weighted by Crippen LogP contribution is -2.38. The molecule has 192 valence electrons. The lowest BCUT2D eigenvalue weighted by atomic mass is 10.3. The summed E-state index contributed by atoms with van der Waals surface area (Å²) >= 11 is 0. The van der Waals surface area contributed by atoms with Gasteiger partial charge in [-0.05, 0) is 12.2 Å². The quantitative estimate of drug-likeness (QED) is 0.257. The Kier molecular flexibility index (Phi) is 8.05. The van der Waals surface area contributed by atoms with E-state index in [1.807, 2.05) is 24.3 Å². The first-order chi connectivity index (χ1) is 18.7. The first-order valence-electron chi connectivity index (χ1n) is 12.4. The van der Waals surface area contributed by atoms with Crippen molar-refractivity contribution >= 4 is 41.4 Å². The monoisotopic (exact) mass is 525 g/mol. The average molecular weight is 526 g/mol. The lowest BCUT2D eigenvalue weighted by molar-refractivity contribution is 0.0314. The zero-order valence-electron chi connectivity index (χ0n) is 21.1. The van der Waals surface area contributed by atoms with E-state index < -0.39 is 19.5 Å². The molecule has 8 heteroatoms. The van der Waals surface area contributed by atoms with Gasteiger partial charge in [-0.2, -0.15) is 0 Å². The van der Waals surface area contributed by atoms with Crippen LogP contribution < -0.4 is 15.9 Å². The van der Waals surface area contributed by atoms with Crippen molar-refractivity contribution in [2.75, 3.05) is 13.6 Å². The predicted octanol–water partition coefficient (Wildman–Crippen LogP) is 5.05. The molecule has 3 aromatic carbocycles. The maximum atomic E-state index is 14.5. The van der Waals surface area contributed by atoms with Gasteiger partial charge < -0.3 is 4.74 Å². The van der Waals surface area contributed by atoms with Gasteiger partial charge in [-0.3, -0.25) is 14.9 Å². The highest BCUT2D eigenvalue weighted by Gasteiger charge is 2.32. The van der Waals surface area contributed by atoms with Crippen molar-refractivity contribution in [2.24, 2.45) is 19.7 Å². The smallest absolute Gasteiger partial charge is 0.212 e. The summed E-state index contributed by atoms with van der Waals surface area (Å²) < 4.78 is 25.5. The number of benzene rings is 3. The van der Waals surface area contributed by atoms with Crippen molar-refractivity contribution in [2.45, 2.75) is 18.8 Å². The third-order valence-electron chi connectivity index (χ3n) is 6.23. The third-order valence-corrected chi connectivity index (χ3v) is 9.90. The van der Waals surface area contributed by atoms with Crippen LogP contribution in [0.5, 0.6) is 0 Å². The molecule has 0 amide bonds. The average Bonchev–Trinajstić information content (AvgIpc) is 3.39. The van der Waals surface area contributed by atoms with Crippen molar-refractivity contribution in [3.63, 3.8) is 0 Å².